The fraction of sp³-hybridized carbons (Fsp3) is 0.333. The molecule has 1 aromatic carbocycles. The standard InChI is InChI=1S/C15H19NO2S2/c1-12(2)14-4-6-15(7-5-14)20(17,18)16(3)10-13-8-9-19-11-13/h4-9,11-12H,10H2,1-3H3. The molecule has 108 valence electrons. The molecule has 0 saturated heterocycles. The van der Waals surface area contributed by atoms with Gasteiger partial charge in [0.2, 0.25) is 10.0 Å². The number of nitrogens with zero attached hydrogens (tertiary/aromatic N) is 1. The van der Waals surface area contributed by atoms with E-state index >= 15 is 0 Å². The number of rotatable bonds is 5. The van der Waals surface area contributed by atoms with E-state index in [1.165, 1.54) is 4.31 Å². The van der Waals surface area contributed by atoms with Crippen LogP contribution < -0.4 is 0 Å². The van der Waals surface area contributed by atoms with Crippen LogP contribution in [-0.4, -0.2) is 19.8 Å². The maximum atomic E-state index is 12.5. The van der Waals surface area contributed by atoms with Crippen molar-refractivity contribution in [2.45, 2.75) is 31.2 Å². The second-order valence-corrected chi connectivity index (χ2v) is 7.94. The van der Waals surface area contributed by atoms with E-state index in [-0.39, 0.29) is 0 Å². The van der Waals surface area contributed by atoms with Crippen LogP contribution in [0.1, 0.15) is 30.9 Å². The summed E-state index contributed by atoms with van der Waals surface area (Å²) in [6.45, 7) is 4.58. The van der Waals surface area contributed by atoms with Gasteiger partial charge >= 0.3 is 0 Å². The van der Waals surface area contributed by atoms with Crippen LogP contribution in [0, 0.1) is 0 Å². The molecule has 0 fully saturated rings. The maximum Gasteiger partial charge on any atom is 0.243 e. The topological polar surface area (TPSA) is 37.4 Å². The summed E-state index contributed by atoms with van der Waals surface area (Å²) in [5, 5.41) is 3.92. The molecule has 0 N–H and O–H groups in total. The fourth-order valence-electron chi connectivity index (χ4n) is 1.93. The second kappa shape index (κ2) is 6.08. The highest BCUT2D eigenvalue weighted by atomic mass is 32.2. The zero-order valence-corrected chi connectivity index (χ0v) is 13.5. The lowest BCUT2D eigenvalue weighted by atomic mass is 10.0. The van der Waals surface area contributed by atoms with Crippen LogP contribution in [0.4, 0.5) is 0 Å². The van der Waals surface area contributed by atoms with Gasteiger partial charge in [-0.1, -0.05) is 26.0 Å². The Morgan fingerprint density at radius 2 is 1.80 bits per heavy atom. The number of thiophene rings is 1. The molecule has 0 spiro atoms. The number of benzene rings is 1. The minimum Gasteiger partial charge on any atom is -0.207 e. The van der Waals surface area contributed by atoms with Crippen molar-refractivity contribution in [1.29, 1.82) is 0 Å². The van der Waals surface area contributed by atoms with Crippen LogP contribution in [0.5, 0.6) is 0 Å². The molecule has 2 rings (SSSR count). The average molecular weight is 309 g/mol. The van der Waals surface area contributed by atoms with Crippen molar-refractivity contribution in [2.75, 3.05) is 7.05 Å². The number of sulfonamides is 1. The molecule has 0 atom stereocenters. The van der Waals surface area contributed by atoms with Crippen molar-refractivity contribution in [3.05, 3.63) is 52.2 Å². The quantitative estimate of drug-likeness (QED) is 0.844. The molecule has 5 heteroatoms. The molecule has 0 aliphatic carbocycles. The number of hydrogen-bond donors (Lipinski definition) is 0. The van der Waals surface area contributed by atoms with E-state index in [9.17, 15) is 8.42 Å². The van der Waals surface area contributed by atoms with Gasteiger partial charge < -0.3 is 0 Å². The normalized spacial score (nSPS) is 12.2. The van der Waals surface area contributed by atoms with Gasteiger partial charge in [0, 0.05) is 13.6 Å². The summed E-state index contributed by atoms with van der Waals surface area (Å²) in [7, 11) is -1.81. The zero-order valence-electron chi connectivity index (χ0n) is 11.9. The van der Waals surface area contributed by atoms with Crippen LogP contribution >= 0.6 is 11.3 Å². The molecule has 0 bridgehead atoms. The van der Waals surface area contributed by atoms with Gasteiger partial charge in [0.15, 0.2) is 0 Å². The Hall–Kier alpha value is -1.17. The predicted octanol–water partition coefficient (Wildman–Crippen LogP) is 3.69. The Kier molecular flexibility index (Phi) is 4.62. The minimum absolute atomic E-state index is 0.347. The van der Waals surface area contributed by atoms with Crippen molar-refractivity contribution in [1.82, 2.24) is 4.31 Å². The Balaban J connectivity index is 2.21. The molecule has 0 radical (unpaired) electrons. The summed E-state index contributed by atoms with van der Waals surface area (Å²) in [5.41, 5.74) is 2.16. The van der Waals surface area contributed by atoms with Crippen LogP contribution in [0.2, 0.25) is 0 Å². The summed E-state index contributed by atoms with van der Waals surface area (Å²) < 4.78 is 26.3. The summed E-state index contributed by atoms with van der Waals surface area (Å²) in [4.78, 5) is 0.347. The molecule has 0 saturated carbocycles. The van der Waals surface area contributed by atoms with Crippen LogP contribution in [-0.2, 0) is 16.6 Å². The Labute approximate surface area is 124 Å². The van der Waals surface area contributed by atoms with Crippen molar-refractivity contribution in [3.8, 4) is 0 Å². The van der Waals surface area contributed by atoms with Crippen molar-refractivity contribution < 1.29 is 8.42 Å². The highest BCUT2D eigenvalue weighted by Gasteiger charge is 2.21. The minimum atomic E-state index is -3.42. The van der Waals surface area contributed by atoms with Gasteiger partial charge in [-0.3, -0.25) is 0 Å². The van der Waals surface area contributed by atoms with E-state index in [4.69, 9.17) is 0 Å². The van der Waals surface area contributed by atoms with E-state index in [0.29, 0.717) is 17.4 Å². The molecule has 2 aromatic rings. The SMILES string of the molecule is CC(C)c1ccc(S(=O)(=O)N(C)Cc2ccsc2)cc1. The van der Waals surface area contributed by atoms with Gasteiger partial charge in [0.25, 0.3) is 0 Å². The van der Waals surface area contributed by atoms with E-state index in [1.807, 2.05) is 29.0 Å². The first kappa shape index (κ1) is 15.2. The average Bonchev–Trinajstić information content (AvgIpc) is 2.91. The van der Waals surface area contributed by atoms with Gasteiger partial charge in [-0.2, -0.15) is 15.6 Å². The second-order valence-electron chi connectivity index (χ2n) is 5.12. The van der Waals surface area contributed by atoms with Crippen LogP contribution in [0.15, 0.2) is 46.0 Å². The molecule has 20 heavy (non-hydrogen) atoms. The monoisotopic (exact) mass is 309 g/mol. The van der Waals surface area contributed by atoms with Gasteiger partial charge in [-0.25, -0.2) is 8.42 Å². The molecule has 0 aliphatic rings. The first-order chi connectivity index (χ1) is 9.41. The molecule has 1 aromatic heterocycles. The molecular weight excluding hydrogens is 290 g/mol. The van der Waals surface area contributed by atoms with Crippen molar-refractivity contribution in [2.24, 2.45) is 0 Å². The lowest BCUT2D eigenvalue weighted by Crippen LogP contribution is -2.26. The molecular formula is C15H19NO2S2. The fourth-order valence-corrected chi connectivity index (χ4v) is 3.75. The lowest BCUT2D eigenvalue weighted by molar-refractivity contribution is 0.467. The smallest absolute Gasteiger partial charge is 0.207 e. The lowest BCUT2D eigenvalue weighted by Gasteiger charge is -2.17. The first-order valence-corrected chi connectivity index (χ1v) is 8.87. The predicted molar refractivity (Wildman–Crippen MR) is 83.5 cm³/mol. The van der Waals surface area contributed by atoms with E-state index in [1.54, 1.807) is 30.5 Å². The van der Waals surface area contributed by atoms with Gasteiger partial charge in [-0.05, 0) is 46.0 Å². The van der Waals surface area contributed by atoms with E-state index < -0.39 is 10.0 Å². The molecule has 3 nitrogen and oxygen atoms in total. The zero-order chi connectivity index (χ0) is 14.8. The summed E-state index contributed by atoms with van der Waals surface area (Å²) in [6, 6.07) is 9.09. The molecule has 0 amide bonds. The Morgan fingerprint density at radius 1 is 1.15 bits per heavy atom. The third-order valence-corrected chi connectivity index (χ3v) is 5.79. The molecule has 0 unspecified atom stereocenters. The van der Waals surface area contributed by atoms with Crippen molar-refractivity contribution in [3.63, 3.8) is 0 Å². The summed E-state index contributed by atoms with van der Waals surface area (Å²) >= 11 is 1.57. The Bertz CT molecular complexity index is 644. The largest absolute Gasteiger partial charge is 0.243 e. The van der Waals surface area contributed by atoms with Crippen LogP contribution in [0.3, 0.4) is 0 Å². The highest BCUT2D eigenvalue weighted by Crippen LogP contribution is 2.21. The van der Waals surface area contributed by atoms with Gasteiger partial charge in [0.1, 0.15) is 0 Å². The third kappa shape index (κ3) is 3.29. The van der Waals surface area contributed by atoms with E-state index in [2.05, 4.69) is 13.8 Å². The Morgan fingerprint density at radius 3 is 2.30 bits per heavy atom. The van der Waals surface area contributed by atoms with Gasteiger partial charge in [-0.15, -0.1) is 0 Å². The third-order valence-electron chi connectivity index (χ3n) is 3.24. The molecule has 0 aliphatic heterocycles. The van der Waals surface area contributed by atoms with Gasteiger partial charge in [0.05, 0.1) is 4.90 Å². The number of hydrogen-bond acceptors (Lipinski definition) is 3. The van der Waals surface area contributed by atoms with Crippen molar-refractivity contribution >= 4 is 21.4 Å². The highest BCUT2D eigenvalue weighted by molar-refractivity contribution is 7.89. The molecule has 1 heterocycles. The first-order valence-electron chi connectivity index (χ1n) is 6.48. The maximum absolute atomic E-state index is 12.5. The van der Waals surface area contributed by atoms with E-state index in [0.717, 1.165) is 11.1 Å². The summed E-state index contributed by atoms with van der Waals surface area (Å²) in [6.07, 6.45) is 0. The summed E-state index contributed by atoms with van der Waals surface area (Å²) in [5.74, 6) is 0.398. The van der Waals surface area contributed by atoms with Crippen LogP contribution in [0.25, 0.3) is 0 Å².